The average molecular weight is 356 g/mol. The first-order chi connectivity index (χ1) is 12.5. The van der Waals surface area contributed by atoms with Gasteiger partial charge in [0.15, 0.2) is 0 Å². The molecule has 0 saturated carbocycles. The molecule has 1 spiro atoms. The molecule has 7 nitrogen and oxygen atoms in total. The van der Waals surface area contributed by atoms with E-state index in [-0.39, 0.29) is 18.2 Å². The fraction of sp³-hybridized carbons (Fsp3) is 0.526. The Morgan fingerprint density at radius 2 is 2.08 bits per heavy atom. The summed E-state index contributed by atoms with van der Waals surface area (Å²) >= 11 is 0. The molecule has 7 heteroatoms. The number of rotatable bonds is 2. The lowest BCUT2D eigenvalue weighted by Gasteiger charge is -2.47. The number of aromatic amines is 1. The van der Waals surface area contributed by atoms with E-state index in [1.165, 1.54) is 0 Å². The van der Waals surface area contributed by atoms with Gasteiger partial charge in [0.2, 0.25) is 11.8 Å². The number of fused-ring (bicyclic) bond motifs is 1. The smallest absolute Gasteiger partial charge is 0.228 e. The van der Waals surface area contributed by atoms with Crippen molar-refractivity contribution in [3.63, 3.8) is 0 Å². The SMILES string of the molecule is CN1CC(O)CC2(CCN(C(=O)Cc3[nH]nc4ccccc34)CC2)C1=O. The lowest BCUT2D eigenvalue weighted by atomic mass is 9.71. The van der Waals surface area contributed by atoms with Gasteiger partial charge in [-0.2, -0.15) is 5.10 Å². The number of carbonyl (C=O) groups is 2. The Hall–Kier alpha value is -2.41. The maximum absolute atomic E-state index is 12.7. The molecular weight excluding hydrogens is 332 g/mol. The van der Waals surface area contributed by atoms with E-state index >= 15 is 0 Å². The molecule has 2 saturated heterocycles. The van der Waals surface area contributed by atoms with Crippen LogP contribution in [0.3, 0.4) is 0 Å². The van der Waals surface area contributed by atoms with E-state index in [1.807, 2.05) is 29.2 Å². The Kier molecular flexibility index (Phi) is 4.19. The first kappa shape index (κ1) is 17.0. The van der Waals surface area contributed by atoms with Gasteiger partial charge in [-0.25, -0.2) is 0 Å². The van der Waals surface area contributed by atoms with Gasteiger partial charge in [-0.05, 0) is 25.3 Å². The fourth-order valence-electron chi connectivity index (χ4n) is 4.42. The molecule has 0 radical (unpaired) electrons. The number of β-amino-alcohol motifs (C(OH)–C–C–N with tert-alkyl or cyclic N) is 1. The number of para-hydroxylation sites is 1. The number of benzene rings is 1. The molecule has 26 heavy (non-hydrogen) atoms. The molecule has 2 aliphatic rings. The van der Waals surface area contributed by atoms with E-state index < -0.39 is 11.5 Å². The van der Waals surface area contributed by atoms with E-state index in [2.05, 4.69) is 10.2 Å². The maximum Gasteiger partial charge on any atom is 0.228 e. The summed E-state index contributed by atoms with van der Waals surface area (Å²) in [6.07, 6.45) is 1.54. The molecule has 2 N–H and O–H groups in total. The highest BCUT2D eigenvalue weighted by molar-refractivity contribution is 5.88. The summed E-state index contributed by atoms with van der Waals surface area (Å²) in [5.41, 5.74) is 1.18. The van der Waals surface area contributed by atoms with Crippen LogP contribution in [-0.4, -0.2) is 69.7 Å². The number of aliphatic hydroxyl groups is 1. The van der Waals surface area contributed by atoms with Gasteiger partial charge >= 0.3 is 0 Å². The van der Waals surface area contributed by atoms with Crippen LogP contribution in [0.5, 0.6) is 0 Å². The average Bonchev–Trinajstić information content (AvgIpc) is 3.03. The van der Waals surface area contributed by atoms with Gasteiger partial charge in [-0.15, -0.1) is 0 Å². The summed E-state index contributed by atoms with van der Waals surface area (Å²) in [5.74, 6) is 0.154. The van der Waals surface area contributed by atoms with Crippen LogP contribution in [0.25, 0.3) is 10.9 Å². The number of amides is 2. The third-order valence-electron chi connectivity index (χ3n) is 5.85. The minimum absolute atomic E-state index is 0.0476. The van der Waals surface area contributed by atoms with E-state index in [9.17, 15) is 14.7 Å². The molecule has 1 unspecified atom stereocenters. The predicted octanol–water partition coefficient (Wildman–Crippen LogP) is 0.937. The standard InChI is InChI=1S/C19H24N4O3/c1-22-12-13(24)11-19(18(22)26)6-8-23(9-7-19)17(25)10-16-14-4-2-3-5-15(14)20-21-16/h2-5,13,24H,6-12H2,1H3,(H,20,21). The molecule has 2 aliphatic heterocycles. The predicted molar refractivity (Wildman–Crippen MR) is 96.3 cm³/mol. The summed E-state index contributed by atoms with van der Waals surface area (Å²) in [6, 6.07) is 7.74. The van der Waals surface area contributed by atoms with Gasteiger partial charge < -0.3 is 14.9 Å². The van der Waals surface area contributed by atoms with E-state index in [1.54, 1.807) is 11.9 Å². The minimum atomic E-state index is -0.510. The minimum Gasteiger partial charge on any atom is -0.391 e. The first-order valence-electron chi connectivity index (χ1n) is 9.12. The zero-order valence-electron chi connectivity index (χ0n) is 14.9. The summed E-state index contributed by atoms with van der Waals surface area (Å²) < 4.78 is 0. The highest BCUT2D eigenvalue weighted by atomic mass is 16.3. The number of H-pyrrole nitrogens is 1. The number of likely N-dealkylation sites (N-methyl/N-ethyl adjacent to an activating group) is 1. The third-order valence-corrected chi connectivity index (χ3v) is 5.85. The molecule has 0 bridgehead atoms. The van der Waals surface area contributed by atoms with Gasteiger partial charge in [-0.1, -0.05) is 18.2 Å². The Labute approximate surface area is 152 Å². The molecule has 2 amide bonds. The molecule has 4 rings (SSSR count). The van der Waals surface area contributed by atoms with Crippen molar-refractivity contribution in [1.82, 2.24) is 20.0 Å². The number of likely N-dealkylation sites (tertiary alicyclic amines) is 2. The lowest BCUT2D eigenvalue weighted by molar-refractivity contribution is -0.156. The van der Waals surface area contributed by atoms with Crippen molar-refractivity contribution < 1.29 is 14.7 Å². The van der Waals surface area contributed by atoms with Crippen LogP contribution in [0.15, 0.2) is 24.3 Å². The fourth-order valence-corrected chi connectivity index (χ4v) is 4.42. The van der Waals surface area contributed by atoms with Crippen molar-refractivity contribution in [3.8, 4) is 0 Å². The number of nitrogens with zero attached hydrogens (tertiary/aromatic N) is 3. The van der Waals surface area contributed by atoms with Crippen LogP contribution >= 0.6 is 0 Å². The van der Waals surface area contributed by atoms with Crippen molar-refractivity contribution >= 4 is 22.7 Å². The van der Waals surface area contributed by atoms with Crippen LogP contribution < -0.4 is 0 Å². The highest BCUT2D eigenvalue weighted by Crippen LogP contribution is 2.40. The number of hydrogen-bond acceptors (Lipinski definition) is 4. The zero-order valence-corrected chi connectivity index (χ0v) is 14.9. The third kappa shape index (κ3) is 2.86. The normalized spacial score (nSPS) is 23.0. The number of carbonyl (C=O) groups excluding carboxylic acids is 2. The van der Waals surface area contributed by atoms with Gasteiger partial charge in [0, 0.05) is 32.1 Å². The van der Waals surface area contributed by atoms with E-state index in [4.69, 9.17) is 0 Å². The monoisotopic (exact) mass is 356 g/mol. The van der Waals surface area contributed by atoms with Crippen molar-refractivity contribution in [2.24, 2.45) is 5.41 Å². The molecule has 1 atom stereocenters. The number of hydrogen-bond donors (Lipinski definition) is 2. The topological polar surface area (TPSA) is 89.5 Å². The maximum atomic E-state index is 12.7. The van der Waals surface area contributed by atoms with Gasteiger partial charge in [-0.3, -0.25) is 14.7 Å². The second-order valence-corrected chi connectivity index (χ2v) is 7.60. The molecule has 1 aromatic heterocycles. The molecule has 3 heterocycles. The van der Waals surface area contributed by atoms with E-state index in [0.717, 1.165) is 16.6 Å². The van der Waals surface area contributed by atoms with Crippen molar-refractivity contribution in [1.29, 1.82) is 0 Å². The van der Waals surface area contributed by atoms with Gasteiger partial charge in [0.05, 0.1) is 29.2 Å². The van der Waals surface area contributed by atoms with Gasteiger partial charge in [0.25, 0.3) is 0 Å². The Morgan fingerprint density at radius 3 is 2.85 bits per heavy atom. The quantitative estimate of drug-likeness (QED) is 0.838. The summed E-state index contributed by atoms with van der Waals surface area (Å²) in [6.45, 7) is 1.50. The first-order valence-corrected chi connectivity index (χ1v) is 9.12. The summed E-state index contributed by atoms with van der Waals surface area (Å²) in [5, 5.41) is 18.3. The summed E-state index contributed by atoms with van der Waals surface area (Å²) in [4.78, 5) is 28.8. The summed E-state index contributed by atoms with van der Waals surface area (Å²) in [7, 11) is 1.74. The Morgan fingerprint density at radius 1 is 1.35 bits per heavy atom. The molecule has 0 aliphatic carbocycles. The number of piperidine rings is 2. The number of aliphatic hydroxyl groups excluding tert-OH is 1. The highest BCUT2D eigenvalue weighted by Gasteiger charge is 2.47. The van der Waals surface area contributed by atoms with Crippen LogP contribution in [0, 0.1) is 5.41 Å². The van der Waals surface area contributed by atoms with Crippen LogP contribution in [0.1, 0.15) is 25.0 Å². The van der Waals surface area contributed by atoms with Gasteiger partial charge in [0.1, 0.15) is 0 Å². The van der Waals surface area contributed by atoms with Crippen LogP contribution in [-0.2, 0) is 16.0 Å². The molecule has 138 valence electrons. The molecule has 2 fully saturated rings. The lowest BCUT2D eigenvalue weighted by Crippen LogP contribution is -2.57. The molecule has 1 aromatic carbocycles. The Bertz CT molecular complexity index is 838. The van der Waals surface area contributed by atoms with Crippen LogP contribution in [0.4, 0.5) is 0 Å². The van der Waals surface area contributed by atoms with E-state index in [0.29, 0.717) is 38.9 Å². The largest absolute Gasteiger partial charge is 0.391 e. The zero-order chi connectivity index (χ0) is 18.3. The Balaban J connectivity index is 1.43. The van der Waals surface area contributed by atoms with Crippen molar-refractivity contribution in [2.75, 3.05) is 26.7 Å². The number of nitrogens with one attached hydrogen (secondary N) is 1. The number of aromatic nitrogens is 2. The second kappa shape index (κ2) is 6.39. The molecular formula is C19H24N4O3. The van der Waals surface area contributed by atoms with Crippen molar-refractivity contribution in [3.05, 3.63) is 30.0 Å². The molecule has 2 aromatic rings. The van der Waals surface area contributed by atoms with Crippen LogP contribution in [0.2, 0.25) is 0 Å². The second-order valence-electron chi connectivity index (χ2n) is 7.60. The van der Waals surface area contributed by atoms with Crippen molar-refractivity contribution in [2.45, 2.75) is 31.8 Å².